The molecule has 2 aromatic carbocycles. The molecule has 27 heavy (non-hydrogen) atoms. The summed E-state index contributed by atoms with van der Waals surface area (Å²) in [6, 6.07) is 9.58. The zero-order valence-electron chi connectivity index (χ0n) is 15.2. The van der Waals surface area contributed by atoms with Crippen LogP contribution in [0, 0.1) is 22.9 Å². The van der Waals surface area contributed by atoms with Crippen LogP contribution in [0.5, 0.6) is 0 Å². The van der Waals surface area contributed by atoms with Crippen molar-refractivity contribution in [3.8, 4) is 0 Å². The molecule has 1 aliphatic heterocycles. The summed E-state index contributed by atoms with van der Waals surface area (Å²) in [6.07, 6.45) is 3.48. The molecule has 0 unspecified atom stereocenters. The van der Waals surface area contributed by atoms with E-state index in [1.54, 1.807) is 12.1 Å². The lowest BCUT2D eigenvalue weighted by Gasteiger charge is -2.14. The van der Waals surface area contributed by atoms with Gasteiger partial charge >= 0.3 is 0 Å². The van der Waals surface area contributed by atoms with Crippen molar-refractivity contribution in [2.75, 3.05) is 25.0 Å². The lowest BCUT2D eigenvalue weighted by molar-refractivity contribution is -0.385. The standard InChI is InChI=1S/C20H22FN3O3/c1-14-18(21)12-16(13-19(14)24(26)27)20(25)22-17-6-4-15(5-7-17)8-11-23-9-2-3-10-23/h4-7,12-13H,2-3,8-11H2,1H3,(H,22,25). The molecule has 142 valence electrons. The maximum absolute atomic E-state index is 13.9. The van der Waals surface area contributed by atoms with Gasteiger partial charge in [-0.05, 0) is 63.0 Å². The fourth-order valence-electron chi connectivity index (χ4n) is 3.24. The number of halogens is 1. The third-order valence-electron chi connectivity index (χ3n) is 4.90. The number of hydrogen-bond acceptors (Lipinski definition) is 4. The number of hydrogen-bond donors (Lipinski definition) is 1. The van der Waals surface area contributed by atoms with Crippen LogP contribution in [0.25, 0.3) is 0 Å². The molecule has 6 nitrogen and oxygen atoms in total. The highest BCUT2D eigenvalue weighted by atomic mass is 19.1. The van der Waals surface area contributed by atoms with Crippen LogP contribution in [-0.2, 0) is 6.42 Å². The Balaban J connectivity index is 1.64. The maximum Gasteiger partial charge on any atom is 0.276 e. The number of nitrogens with zero attached hydrogens (tertiary/aromatic N) is 2. The van der Waals surface area contributed by atoms with Crippen molar-refractivity contribution in [2.45, 2.75) is 26.2 Å². The molecule has 1 aliphatic rings. The summed E-state index contributed by atoms with van der Waals surface area (Å²) < 4.78 is 13.9. The second-order valence-electron chi connectivity index (χ2n) is 6.81. The summed E-state index contributed by atoms with van der Waals surface area (Å²) in [6.45, 7) is 4.66. The second kappa shape index (κ2) is 8.26. The Bertz CT molecular complexity index is 846. The van der Waals surface area contributed by atoms with Gasteiger partial charge in [0.1, 0.15) is 5.82 Å². The molecule has 1 N–H and O–H groups in total. The maximum atomic E-state index is 13.9. The highest BCUT2D eigenvalue weighted by Gasteiger charge is 2.19. The lowest BCUT2D eigenvalue weighted by atomic mass is 10.1. The summed E-state index contributed by atoms with van der Waals surface area (Å²) in [5.74, 6) is -1.35. The van der Waals surface area contributed by atoms with Crippen LogP contribution >= 0.6 is 0 Å². The quantitative estimate of drug-likeness (QED) is 0.617. The molecule has 0 aromatic heterocycles. The molecule has 0 aliphatic carbocycles. The first-order valence-electron chi connectivity index (χ1n) is 9.01. The van der Waals surface area contributed by atoms with Gasteiger partial charge in [-0.2, -0.15) is 0 Å². The van der Waals surface area contributed by atoms with Crippen LogP contribution in [0.3, 0.4) is 0 Å². The van der Waals surface area contributed by atoms with E-state index in [1.165, 1.54) is 25.3 Å². The smallest absolute Gasteiger partial charge is 0.276 e. The average Bonchev–Trinajstić information content (AvgIpc) is 3.16. The minimum Gasteiger partial charge on any atom is -0.322 e. The number of benzene rings is 2. The van der Waals surface area contributed by atoms with Crippen LogP contribution in [0.2, 0.25) is 0 Å². The largest absolute Gasteiger partial charge is 0.322 e. The monoisotopic (exact) mass is 371 g/mol. The minimum atomic E-state index is -0.772. The van der Waals surface area contributed by atoms with Gasteiger partial charge in [0.2, 0.25) is 0 Å². The third-order valence-corrected chi connectivity index (χ3v) is 4.90. The number of nitro benzene ring substituents is 1. The molecular weight excluding hydrogens is 349 g/mol. The van der Waals surface area contributed by atoms with E-state index in [0.29, 0.717) is 5.69 Å². The number of rotatable bonds is 6. The molecular formula is C20H22FN3O3. The first kappa shape index (κ1) is 19.0. The number of anilines is 1. The van der Waals surface area contributed by atoms with E-state index in [1.807, 2.05) is 12.1 Å². The van der Waals surface area contributed by atoms with Gasteiger partial charge in [-0.1, -0.05) is 12.1 Å². The van der Waals surface area contributed by atoms with E-state index in [4.69, 9.17) is 0 Å². The van der Waals surface area contributed by atoms with E-state index in [-0.39, 0.29) is 11.1 Å². The van der Waals surface area contributed by atoms with Crippen LogP contribution in [0.15, 0.2) is 36.4 Å². The van der Waals surface area contributed by atoms with Gasteiger partial charge in [0.25, 0.3) is 11.6 Å². The molecule has 1 fully saturated rings. The molecule has 0 bridgehead atoms. The third kappa shape index (κ3) is 4.68. The van der Waals surface area contributed by atoms with E-state index in [9.17, 15) is 19.3 Å². The fraction of sp³-hybridized carbons (Fsp3) is 0.350. The van der Waals surface area contributed by atoms with Crippen molar-refractivity contribution in [1.82, 2.24) is 4.90 Å². The van der Waals surface area contributed by atoms with Crippen molar-refractivity contribution in [3.63, 3.8) is 0 Å². The van der Waals surface area contributed by atoms with Gasteiger partial charge < -0.3 is 10.2 Å². The van der Waals surface area contributed by atoms with Gasteiger partial charge in [-0.3, -0.25) is 14.9 Å². The number of carbonyl (C=O) groups excluding carboxylic acids is 1. The normalized spacial score (nSPS) is 14.3. The molecule has 0 saturated carbocycles. The Labute approximate surface area is 157 Å². The summed E-state index contributed by atoms with van der Waals surface area (Å²) in [5.41, 5.74) is 1.17. The summed E-state index contributed by atoms with van der Waals surface area (Å²) in [7, 11) is 0. The van der Waals surface area contributed by atoms with Crippen molar-refractivity contribution in [1.29, 1.82) is 0 Å². The van der Waals surface area contributed by atoms with Crippen LogP contribution in [0.1, 0.15) is 34.3 Å². The summed E-state index contributed by atoms with van der Waals surface area (Å²) >= 11 is 0. The Morgan fingerprint density at radius 3 is 2.52 bits per heavy atom. The number of nitrogens with one attached hydrogen (secondary N) is 1. The summed E-state index contributed by atoms with van der Waals surface area (Å²) in [5, 5.41) is 13.7. The fourth-order valence-corrected chi connectivity index (χ4v) is 3.24. The van der Waals surface area contributed by atoms with Crippen LogP contribution in [0.4, 0.5) is 15.8 Å². The van der Waals surface area contributed by atoms with Crippen LogP contribution < -0.4 is 5.32 Å². The summed E-state index contributed by atoms with van der Waals surface area (Å²) in [4.78, 5) is 25.1. The molecule has 0 radical (unpaired) electrons. The zero-order valence-corrected chi connectivity index (χ0v) is 15.2. The second-order valence-corrected chi connectivity index (χ2v) is 6.81. The molecule has 1 saturated heterocycles. The minimum absolute atomic E-state index is 0.0806. The SMILES string of the molecule is Cc1c(F)cc(C(=O)Nc2ccc(CCN3CCCC3)cc2)cc1[N+](=O)[O-]. The number of likely N-dealkylation sites (tertiary alicyclic amines) is 1. The predicted octanol–water partition coefficient (Wildman–Crippen LogP) is 3.93. The Morgan fingerprint density at radius 2 is 1.89 bits per heavy atom. The Hall–Kier alpha value is -2.80. The molecule has 0 atom stereocenters. The highest BCUT2D eigenvalue weighted by Crippen LogP contribution is 2.23. The molecule has 1 amide bonds. The van der Waals surface area contributed by atoms with Crippen molar-refractivity contribution in [2.24, 2.45) is 0 Å². The first-order valence-corrected chi connectivity index (χ1v) is 9.01. The number of amides is 1. The zero-order chi connectivity index (χ0) is 19.4. The van der Waals surface area contributed by atoms with E-state index >= 15 is 0 Å². The molecule has 7 heteroatoms. The number of carbonyl (C=O) groups is 1. The molecule has 2 aromatic rings. The number of nitro groups is 1. The average molecular weight is 371 g/mol. The highest BCUT2D eigenvalue weighted by molar-refractivity contribution is 6.04. The molecule has 0 spiro atoms. The lowest BCUT2D eigenvalue weighted by Crippen LogP contribution is -2.21. The molecule has 1 heterocycles. The van der Waals surface area contributed by atoms with E-state index < -0.39 is 22.3 Å². The predicted molar refractivity (Wildman–Crippen MR) is 102 cm³/mol. The Kier molecular flexibility index (Phi) is 5.81. The van der Waals surface area contributed by atoms with Crippen LogP contribution in [-0.4, -0.2) is 35.4 Å². The van der Waals surface area contributed by atoms with Crippen molar-refractivity contribution in [3.05, 3.63) is 69.0 Å². The Morgan fingerprint density at radius 1 is 1.22 bits per heavy atom. The van der Waals surface area contributed by atoms with Crippen molar-refractivity contribution >= 4 is 17.3 Å². The van der Waals surface area contributed by atoms with E-state index in [2.05, 4.69) is 10.2 Å². The van der Waals surface area contributed by atoms with Gasteiger partial charge in [0.15, 0.2) is 0 Å². The van der Waals surface area contributed by atoms with Gasteiger partial charge in [0, 0.05) is 23.9 Å². The van der Waals surface area contributed by atoms with Crippen molar-refractivity contribution < 1.29 is 14.1 Å². The van der Waals surface area contributed by atoms with Gasteiger partial charge in [-0.25, -0.2) is 4.39 Å². The molecule has 3 rings (SSSR count). The topological polar surface area (TPSA) is 75.5 Å². The van der Waals surface area contributed by atoms with Gasteiger partial charge in [0.05, 0.1) is 10.5 Å². The van der Waals surface area contributed by atoms with Gasteiger partial charge in [-0.15, -0.1) is 0 Å². The first-order chi connectivity index (χ1) is 12.9. The van der Waals surface area contributed by atoms with E-state index in [0.717, 1.165) is 38.2 Å².